The van der Waals surface area contributed by atoms with Gasteiger partial charge in [-0.25, -0.2) is 4.98 Å². The third kappa shape index (κ3) is 4.70. The zero-order valence-corrected chi connectivity index (χ0v) is 18.1. The van der Waals surface area contributed by atoms with Crippen LogP contribution in [0.3, 0.4) is 0 Å². The Labute approximate surface area is 193 Å². The highest BCUT2D eigenvalue weighted by atomic mass is 16.2. The van der Waals surface area contributed by atoms with Gasteiger partial charge >= 0.3 is 0 Å². The normalized spacial score (nSPS) is 18.7. The van der Waals surface area contributed by atoms with Gasteiger partial charge in [-0.05, 0) is 53.7 Å². The lowest BCUT2D eigenvalue weighted by atomic mass is 9.98. The smallest absolute Gasteiger partial charge is 0.298 e. The van der Waals surface area contributed by atoms with Crippen molar-refractivity contribution in [1.29, 1.82) is 0 Å². The van der Waals surface area contributed by atoms with Gasteiger partial charge in [0, 0.05) is 36.3 Å². The Hall–Kier alpha value is -4.17. The van der Waals surface area contributed by atoms with Gasteiger partial charge in [0.15, 0.2) is 0 Å². The van der Waals surface area contributed by atoms with Crippen molar-refractivity contribution in [3.8, 4) is 11.8 Å². The molecule has 2 heterocycles. The molecule has 1 aromatic heterocycles. The van der Waals surface area contributed by atoms with Crippen LogP contribution in [-0.4, -0.2) is 34.8 Å². The summed E-state index contributed by atoms with van der Waals surface area (Å²) >= 11 is 0. The molecular formula is C28H23N3O2. The molecule has 1 saturated heterocycles. The number of carbonyl (C=O) groups is 2. The second-order valence-corrected chi connectivity index (χ2v) is 8.40. The third-order valence-electron chi connectivity index (χ3n) is 6.18. The second kappa shape index (κ2) is 9.13. The first-order chi connectivity index (χ1) is 16.2. The quantitative estimate of drug-likeness (QED) is 0.629. The van der Waals surface area contributed by atoms with E-state index in [1.165, 1.54) is 11.1 Å². The Morgan fingerprint density at radius 1 is 0.939 bits per heavy atom. The average molecular weight is 434 g/mol. The number of pyridine rings is 1. The maximum absolute atomic E-state index is 12.6. The molecule has 0 bridgehead atoms. The lowest BCUT2D eigenvalue weighted by molar-refractivity contribution is -0.124. The fourth-order valence-electron chi connectivity index (χ4n) is 4.47. The van der Waals surface area contributed by atoms with E-state index in [0.717, 1.165) is 19.5 Å². The van der Waals surface area contributed by atoms with Crippen molar-refractivity contribution in [3.05, 3.63) is 102 Å². The predicted molar refractivity (Wildman–Crippen MR) is 128 cm³/mol. The Balaban J connectivity index is 1.17. The molecule has 1 aliphatic heterocycles. The minimum absolute atomic E-state index is 0.152. The molecule has 5 rings (SSSR count). The van der Waals surface area contributed by atoms with E-state index in [0.29, 0.717) is 28.8 Å². The SMILES string of the molecule is O=C(Nc1ccc(C#CC(=O)N2CC3C=C(c4ccccc4)CC3C2)cn1)c1ccccc1. The molecule has 0 saturated carbocycles. The van der Waals surface area contributed by atoms with Gasteiger partial charge in [-0.2, -0.15) is 0 Å². The summed E-state index contributed by atoms with van der Waals surface area (Å²) in [5.74, 6) is 6.59. The van der Waals surface area contributed by atoms with Gasteiger partial charge in [-0.1, -0.05) is 60.5 Å². The number of allylic oxidation sites excluding steroid dienone is 1. The van der Waals surface area contributed by atoms with Crippen LogP contribution in [0.2, 0.25) is 0 Å². The summed E-state index contributed by atoms with van der Waals surface area (Å²) in [4.78, 5) is 30.9. The van der Waals surface area contributed by atoms with Crippen molar-refractivity contribution < 1.29 is 9.59 Å². The van der Waals surface area contributed by atoms with E-state index in [4.69, 9.17) is 0 Å². The number of fused-ring (bicyclic) bond motifs is 1. The lowest BCUT2D eigenvalue weighted by Gasteiger charge is -2.13. The van der Waals surface area contributed by atoms with Crippen LogP contribution in [-0.2, 0) is 4.79 Å². The Bertz CT molecular complexity index is 1260. The maximum atomic E-state index is 12.6. The summed E-state index contributed by atoms with van der Waals surface area (Å²) in [5, 5.41) is 2.75. The van der Waals surface area contributed by atoms with Crippen LogP contribution in [0.4, 0.5) is 5.82 Å². The summed E-state index contributed by atoms with van der Waals surface area (Å²) in [6.45, 7) is 1.46. The Kier molecular flexibility index (Phi) is 5.73. The third-order valence-corrected chi connectivity index (χ3v) is 6.18. The molecule has 2 amide bonds. The molecule has 2 unspecified atom stereocenters. The van der Waals surface area contributed by atoms with Crippen LogP contribution in [0.15, 0.2) is 85.1 Å². The van der Waals surface area contributed by atoms with E-state index in [1.807, 2.05) is 29.2 Å². The molecule has 1 N–H and O–H groups in total. The summed E-state index contributed by atoms with van der Waals surface area (Å²) < 4.78 is 0. The first-order valence-electron chi connectivity index (χ1n) is 11.1. The Morgan fingerprint density at radius 2 is 1.70 bits per heavy atom. The average Bonchev–Trinajstić information content (AvgIpc) is 3.44. The van der Waals surface area contributed by atoms with Crippen LogP contribution in [0.5, 0.6) is 0 Å². The summed E-state index contributed by atoms with van der Waals surface area (Å²) in [5.41, 5.74) is 3.86. The zero-order valence-electron chi connectivity index (χ0n) is 18.1. The van der Waals surface area contributed by atoms with Crippen LogP contribution in [0.1, 0.15) is 27.9 Å². The first-order valence-corrected chi connectivity index (χ1v) is 11.1. The van der Waals surface area contributed by atoms with Crippen molar-refractivity contribution in [2.45, 2.75) is 6.42 Å². The fourth-order valence-corrected chi connectivity index (χ4v) is 4.47. The molecule has 162 valence electrons. The highest BCUT2D eigenvalue weighted by Gasteiger charge is 2.37. The molecule has 5 heteroatoms. The number of amides is 2. The van der Waals surface area contributed by atoms with Crippen LogP contribution >= 0.6 is 0 Å². The van der Waals surface area contributed by atoms with Crippen LogP contribution < -0.4 is 5.32 Å². The minimum Gasteiger partial charge on any atom is -0.331 e. The molecule has 2 aromatic carbocycles. The summed E-state index contributed by atoms with van der Waals surface area (Å²) in [7, 11) is 0. The lowest BCUT2D eigenvalue weighted by Crippen LogP contribution is -2.27. The van der Waals surface area contributed by atoms with Gasteiger partial charge in [-0.3, -0.25) is 9.59 Å². The van der Waals surface area contributed by atoms with Crippen molar-refractivity contribution in [3.63, 3.8) is 0 Å². The number of hydrogen-bond donors (Lipinski definition) is 1. The molecular weight excluding hydrogens is 410 g/mol. The van der Waals surface area contributed by atoms with Gasteiger partial charge in [0.2, 0.25) is 0 Å². The van der Waals surface area contributed by atoms with E-state index in [1.54, 1.807) is 30.5 Å². The van der Waals surface area contributed by atoms with Gasteiger partial charge in [0.05, 0.1) is 0 Å². The summed E-state index contributed by atoms with van der Waals surface area (Å²) in [6.07, 6.45) is 4.90. The van der Waals surface area contributed by atoms with Crippen LogP contribution in [0.25, 0.3) is 5.57 Å². The minimum atomic E-state index is -0.221. The van der Waals surface area contributed by atoms with Gasteiger partial charge in [0.1, 0.15) is 5.82 Å². The van der Waals surface area contributed by atoms with E-state index in [-0.39, 0.29) is 11.8 Å². The molecule has 0 spiro atoms. The largest absolute Gasteiger partial charge is 0.331 e. The molecule has 5 nitrogen and oxygen atoms in total. The monoisotopic (exact) mass is 433 g/mol. The number of hydrogen-bond acceptors (Lipinski definition) is 3. The van der Waals surface area contributed by atoms with Crippen molar-refractivity contribution >= 4 is 23.2 Å². The fraction of sp³-hybridized carbons (Fsp3) is 0.179. The van der Waals surface area contributed by atoms with E-state index >= 15 is 0 Å². The topological polar surface area (TPSA) is 62.3 Å². The van der Waals surface area contributed by atoms with Gasteiger partial charge in [0.25, 0.3) is 11.8 Å². The molecule has 3 aromatic rings. The van der Waals surface area contributed by atoms with E-state index < -0.39 is 0 Å². The number of benzene rings is 2. The number of carbonyl (C=O) groups excluding carboxylic acids is 2. The van der Waals surface area contributed by atoms with E-state index in [2.05, 4.69) is 52.5 Å². The molecule has 1 aliphatic carbocycles. The van der Waals surface area contributed by atoms with Crippen molar-refractivity contribution in [1.82, 2.24) is 9.88 Å². The van der Waals surface area contributed by atoms with Gasteiger partial charge in [-0.15, -0.1) is 0 Å². The molecule has 2 atom stereocenters. The first kappa shape index (κ1) is 20.7. The van der Waals surface area contributed by atoms with Crippen molar-refractivity contribution in [2.75, 3.05) is 18.4 Å². The number of aromatic nitrogens is 1. The number of likely N-dealkylation sites (tertiary alicyclic amines) is 1. The highest BCUT2D eigenvalue weighted by molar-refractivity contribution is 6.03. The number of rotatable bonds is 3. The van der Waals surface area contributed by atoms with Crippen molar-refractivity contribution in [2.24, 2.45) is 11.8 Å². The van der Waals surface area contributed by atoms with E-state index in [9.17, 15) is 9.59 Å². The molecule has 2 aliphatic rings. The molecule has 1 fully saturated rings. The molecule has 33 heavy (non-hydrogen) atoms. The highest BCUT2D eigenvalue weighted by Crippen LogP contribution is 2.40. The number of nitrogens with zero attached hydrogens (tertiary/aromatic N) is 2. The predicted octanol–water partition coefficient (Wildman–Crippen LogP) is 4.25. The standard InChI is InChI=1S/C28H23N3O2/c32-27(31-18-24-15-23(16-25(24)19-31)21-7-3-1-4-8-21)14-12-20-11-13-26(29-17-20)30-28(33)22-9-5-2-6-10-22/h1-11,13,15,17,24-25H,16,18-19H2,(H,29,30,33). The van der Waals surface area contributed by atoms with Gasteiger partial charge < -0.3 is 10.2 Å². The molecule has 0 radical (unpaired) electrons. The zero-order chi connectivity index (χ0) is 22.6. The number of nitrogens with one attached hydrogen (secondary N) is 1. The second-order valence-electron chi connectivity index (χ2n) is 8.40. The Morgan fingerprint density at radius 3 is 2.39 bits per heavy atom. The summed E-state index contributed by atoms with van der Waals surface area (Å²) in [6, 6.07) is 22.8. The number of anilines is 1. The van der Waals surface area contributed by atoms with Crippen LogP contribution in [0, 0.1) is 23.7 Å². The maximum Gasteiger partial charge on any atom is 0.298 e.